The van der Waals surface area contributed by atoms with Crippen molar-refractivity contribution in [2.45, 2.75) is 62.6 Å². The number of carbonyl (C=O) groups is 1. The zero-order valence-corrected chi connectivity index (χ0v) is 25.5. The van der Waals surface area contributed by atoms with Gasteiger partial charge in [0, 0.05) is 77.6 Å². The van der Waals surface area contributed by atoms with E-state index in [1.54, 1.807) is 14.2 Å². The van der Waals surface area contributed by atoms with Crippen LogP contribution in [-0.4, -0.2) is 98.4 Å². The van der Waals surface area contributed by atoms with Crippen molar-refractivity contribution in [3.05, 3.63) is 70.3 Å². The smallest absolute Gasteiger partial charge is 0.380 e. The van der Waals surface area contributed by atoms with Crippen molar-refractivity contribution in [2.75, 3.05) is 53.5 Å². The highest BCUT2D eigenvalue weighted by Gasteiger charge is 2.40. The van der Waals surface area contributed by atoms with Crippen LogP contribution in [0.2, 0.25) is 0 Å². The van der Waals surface area contributed by atoms with Gasteiger partial charge in [0.25, 0.3) is 5.91 Å². The van der Waals surface area contributed by atoms with Crippen LogP contribution in [0.5, 0.6) is 0 Å². The van der Waals surface area contributed by atoms with E-state index >= 15 is 0 Å². The summed E-state index contributed by atoms with van der Waals surface area (Å²) >= 11 is 0. The van der Waals surface area contributed by atoms with E-state index in [9.17, 15) is 44.3 Å². The Morgan fingerprint density at radius 1 is 0.783 bits per heavy atom. The predicted molar refractivity (Wildman–Crippen MR) is 150 cm³/mol. The molecule has 2 aromatic rings. The number of nitrogens with zero attached hydrogens (tertiary/aromatic N) is 3. The first-order chi connectivity index (χ1) is 21.4. The summed E-state index contributed by atoms with van der Waals surface area (Å²) in [5.41, 5.74) is -4.44. The molecule has 0 aromatic heterocycles. The monoisotopic (exact) mass is 669 g/mol. The summed E-state index contributed by atoms with van der Waals surface area (Å²) in [6.07, 6.45) is -14.2. The lowest BCUT2D eigenvalue weighted by molar-refractivity contribution is -0.143. The molecule has 0 N–H and O–H groups in total. The number of rotatable bonds is 8. The van der Waals surface area contributed by atoms with Crippen LogP contribution in [0.4, 0.5) is 39.5 Å². The first kappa shape index (κ1) is 36.0. The lowest BCUT2D eigenvalue weighted by atomic mass is 9.97. The number of methoxy groups -OCH3 is 2. The van der Waals surface area contributed by atoms with Gasteiger partial charge in [-0.2, -0.15) is 39.5 Å². The Morgan fingerprint density at radius 2 is 1.37 bits per heavy atom. The average molecular weight is 670 g/mol. The lowest BCUT2D eigenvalue weighted by Crippen LogP contribution is -2.58. The summed E-state index contributed by atoms with van der Waals surface area (Å²) in [5.74, 6) is -1.02. The van der Waals surface area contributed by atoms with Crippen LogP contribution in [0.3, 0.4) is 0 Å². The van der Waals surface area contributed by atoms with Crippen LogP contribution in [0.1, 0.15) is 46.0 Å². The molecule has 2 aliphatic rings. The molecule has 15 heteroatoms. The van der Waals surface area contributed by atoms with Crippen molar-refractivity contribution in [2.24, 2.45) is 0 Å². The van der Waals surface area contributed by atoms with Crippen molar-refractivity contribution in [1.29, 1.82) is 0 Å². The minimum absolute atomic E-state index is 0.0152. The Balaban J connectivity index is 1.59. The summed E-state index contributed by atoms with van der Waals surface area (Å²) < 4.78 is 132. The second-order valence-electron chi connectivity index (χ2n) is 11.7. The van der Waals surface area contributed by atoms with E-state index < -0.39 is 52.7 Å². The minimum Gasteiger partial charge on any atom is -0.380 e. The molecule has 2 saturated heterocycles. The van der Waals surface area contributed by atoms with Gasteiger partial charge in [-0.1, -0.05) is 12.1 Å². The summed E-state index contributed by atoms with van der Waals surface area (Å²) in [6.45, 7) is 4.26. The largest absolute Gasteiger partial charge is 0.416 e. The first-order valence-electron chi connectivity index (χ1n) is 14.7. The maximum Gasteiger partial charge on any atom is 0.416 e. The zero-order valence-electron chi connectivity index (χ0n) is 25.5. The first-order valence-corrected chi connectivity index (χ1v) is 14.7. The molecule has 4 rings (SSSR count). The molecule has 0 saturated carbocycles. The normalized spacial score (nSPS) is 24.0. The lowest BCUT2D eigenvalue weighted by Gasteiger charge is -2.45. The average Bonchev–Trinajstić information content (AvgIpc) is 2.99. The van der Waals surface area contributed by atoms with E-state index in [0.717, 1.165) is 18.6 Å². The van der Waals surface area contributed by atoms with Crippen LogP contribution < -0.4 is 0 Å². The van der Waals surface area contributed by atoms with Gasteiger partial charge in [-0.05, 0) is 49.2 Å². The standard InChI is InChI=1S/C31H36F9N3O3/c1-19-27(46-3)16-26(45-2)18-42(19)10-8-41-9-11-43(25(17-41)12-20-4-6-22(7-5-20)29(32,33)34)28(44)21-13-23(30(35,36)37)15-24(14-21)31(38,39)40/h4-7,13-15,19,25-27H,8-12,16-18H2,1-3H3/t19-,25-,26?,27-/m1/s1. The van der Waals surface area contributed by atoms with E-state index in [1.165, 1.54) is 17.0 Å². The summed E-state index contributed by atoms with van der Waals surface area (Å²) in [7, 11) is 3.25. The van der Waals surface area contributed by atoms with Gasteiger partial charge in [-0.15, -0.1) is 0 Å². The van der Waals surface area contributed by atoms with Gasteiger partial charge in [-0.3, -0.25) is 14.6 Å². The maximum atomic E-state index is 13.6. The molecule has 256 valence electrons. The molecule has 2 aromatic carbocycles. The molecule has 0 bridgehead atoms. The second-order valence-corrected chi connectivity index (χ2v) is 11.7. The Kier molecular flexibility index (Phi) is 11.0. The molecule has 4 atom stereocenters. The number of hydrogen-bond donors (Lipinski definition) is 0. The van der Waals surface area contributed by atoms with E-state index in [4.69, 9.17) is 9.47 Å². The van der Waals surface area contributed by atoms with Crippen LogP contribution in [-0.2, 0) is 34.4 Å². The van der Waals surface area contributed by atoms with E-state index in [2.05, 4.69) is 4.90 Å². The van der Waals surface area contributed by atoms with Crippen molar-refractivity contribution < 1.29 is 53.8 Å². The summed E-state index contributed by atoms with van der Waals surface area (Å²) in [4.78, 5) is 19.1. The highest BCUT2D eigenvalue weighted by atomic mass is 19.4. The number of hydrogen-bond acceptors (Lipinski definition) is 5. The molecule has 0 aliphatic carbocycles. The minimum atomic E-state index is -5.14. The number of piperazine rings is 1. The van der Waals surface area contributed by atoms with E-state index in [-0.39, 0.29) is 50.4 Å². The second kappa shape index (κ2) is 14.1. The van der Waals surface area contributed by atoms with Crippen LogP contribution >= 0.6 is 0 Å². The van der Waals surface area contributed by atoms with Gasteiger partial charge >= 0.3 is 18.5 Å². The number of ether oxygens (including phenoxy) is 2. The number of carbonyl (C=O) groups excluding carboxylic acids is 1. The molecule has 46 heavy (non-hydrogen) atoms. The summed E-state index contributed by atoms with van der Waals surface area (Å²) in [6, 6.07) is 4.36. The number of alkyl halides is 9. The van der Waals surface area contributed by atoms with Crippen molar-refractivity contribution >= 4 is 5.91 Å². The van der Waals surface area contributed by atoms with Crippen molar-refractivity contribution in [3.8, 4) is 0 Å². The highest BCUT2D eigenvalue weighted by molar-refractivity contribution is 5.95. The zero-order chi connectivity index (χ0) is 34.0. The van der Waals surface area contributed by atoms with Crippen LogP contribution in [0.25, 0.3) is 0 Å². The van der Waals surface area contributed by atoms with Gasteiger partial charge in [-0.25, -0.2) is 0 Å². The van der Waals surface area contributed by atoms with E-state index in [1.807, 2.05) is 11.8 Å². The van der Waals surface area contributed by atoms with Gasteiger partial charge < -0.3 is 14.4 Å². The third-order valence-corrected chi connectivity index (χ3v) is 8.80. The molecule has 0 spiro atoms. The molecule has 2 heterocycles. The fourth-order valence-corrected chi connectivity index (χ4v) is 6.13. The molecule has 0 radical (unpaired) electrons. The topological polar surface area (TPSA) is 45.3 Å². The van der Waals surface area contributed by atoms with Gasteiger partial charge in [0.1, 0.15) is 0 Å². The Morgan fingerprint density at radius 3 is 1.89 bits per heavy atom. The molecular formula is C31H36F9N3O3. The van der Waals surface area contributed by atoms with Crippen molar-refractivity contribution in [3.63, 3.8) is 0 Å². The van der Waals surface area contributed by atoms with E-state index in [0.29, 0.717) is 37.3 Å². The molecule has 1 unspecified atom stereocenters. The SMILES string of the molecule is COC1C[C@@H](OC)[C@@H](C)N(CCN2CCN(C(=O)c3cc(C(F)(F)F)cc(C(F)(F)F)c3)[C@H](Cc3ccc(C(F)(F)F)cc3)C2)C1. The Labute approximate surface area is 261 Å². The molecule has 2 aliphatic heterocycles. The molecular weight excluding hydrogens is 633 g/mol. The van der Waals surface area contributed by atoms with Gasteiger partial charge in [0.2, 0.25) is 0 Å². The Hall–Kier alpha value is -2.88. The fraction of sp³-hybridized carbons (Fsp3) is 0.581. The predicted octanol–water partition coefficient (Wildman–Crippen LogP) is 6.24. The fourth-order valence-electron chi connectivity index (χ4n) is 6.13. The van der Waals surface area contributed by atoms with Gasteiger partial charge in [0.05, 0.1) is 28.9 Å². The van der Waals surface area contributed by atoms with Gasteiger partial charge in [0.15, 0.2) is 0 Å². The molecule has 6 nitrogen and oxygen atoms in total. The Bertz CT molecular complexity index is 1300. The third-order valence-electron chi connectivity index (χ3n) is 8.80. The number of halogens is 9. The van der Waals surface area contributed by atoms with Crippen LogP contribution in [0, 0.1) is 0 Å². The number of piperidine rings is 1. The molecule has 1 amide bonds. The third kappa shape index (κ3) is 8.72. The number of likely N-dealkylation sites (tertiary alicyclic amines) is 1. The number of benzene rings is 2. The molecule has 2 fully saturated rings. The highest BCUT2D eigenvalue weighted by Crippen LogP contribution is 2.37. The number of amides is 1. The maximum absolute atomic E-state index is 13.6. The van der Waals surface area contributed by atoms with Crippen LogP contribution in [0.15, 0.2) is 42.5 Å². The van der Waals surface area contributed by atoms with Crippen molar-refractivity contribution in [1.82, 2.24) is 14.7 Å². The quantitative estimate of drug-likeness (QED) is 0.312. The summed E-state index contributed by atoms with van der Waals surface area (Å²) in [5, 5.41) is 0.